The molecule has 0 saturated carbocycles. The van der Waals surface area contributed by atoms with E-state index in [-0.39, 0.29) is 53.7 Å². The van der Waals surface area contributed by atoms with Crippen molar-refractivity contribution in [1.82, 2.24) is 15.8 Å². The summed E-state index contributed by atoms with van der Waals surface area (Å²) in [5.74, 6) is -2.49. The van der Waals surface area contributed by atoms with Crippen molar-refractivity contribution in [1.29, 1.82) is 0 Å². The van der Waals surface area contributed by atoms with Crippen molar-refractivity contribution < 1.29 is 42.0 Å². The number of rotatable bonds is 2. The number of fused-ring (bicyclic) bond motifs is 5. The average molecular weight is 505 g/mol. The summed E-state index contributed by atoms with van der Waals surface area (Å²) in [6, 6.07) is -0.374. The highest BCUT2D eigenvalue weighted by Crippen LogP contribution is 2.49. The minimum Gasteiger partial charge on any atom is -0.441 e. The highest BCUT2D eigenvalue weighted by molar-refractivity contribution is 6.20. The number of halogens is 2. The molecule has 1 aromatic carbocycles. The van der Waals surface area contributed by atoms with E-state index in [9.17, 15) is 23.6 Å². The van der Waals surface area contributed by atoms with Gasteiger partial charge in [0.1, 0.15) is 12.8 Å². The Kier molecular flexibility index (Phi) is 4.78. The van der Waals surface area contributed by atoms with Crippen molar-refractivity contribution in [2.45, 2.75) is 44.6 Å². The highest BCUT2D eigenvalue weighted by Gasteiger charge is 2.63. The lowest BCUT2D eigenvalue weighted by atomic mass is 9.66. The number of barbiturate groups is 1. The maximum absolute atomic E-state index is 16.1. The first kappa shape index (κ1) is 22.6. The normalized spacial score (nSPS) is 29.2. The SMILES string of the molecule is C[C@@H]1CN2c3c(cc4c(N5C[C@H](CF)OC5=O)noc4c3F)CC3(C(=O)NC(=O)NC3=O)[C@H]2[C@H](C)O1. The van der Waals surface area contributed by atoms with Crippen LogP contribution < -0.4 is 20.4 Å². The summed E-state index contributed by atoms with van der Waals surface area (Å²) < 4.78 is 45.3. The molecule has 2 N–H and O–H groups in total. The van der Waals surface area contributed by atoms with Crippen LogP contribution in [0.1, 0.15) is 19.4 Å². The lowest BCUT2D eigenvalue weighted by molar-refractivity contribution is -0.153. The maximum atomic E-state index is 16.1. The molecule has 0 radical (unpaired) electrons. The lowest BCUT2D eigenvalue weighted by Gasteiger charge is -2.55. The zero-order valence-corrected chi connectivity index (χ0v) is 19.2. The van der Waals surface area contributed by atoms with Gasteiger partial charge in [0.2, 0.25) is 17.4 Å². The fourth-order valence-electron chi connectivity index (χ4n) is 5.91. The van der Waals surface area contributed by atoms with Crippen LogP contribution in [0.3, 0.4) is 0 Å². The number of ether oxygens (including phenoxy) is 2. The molecule has 3 fully saturated rings. The van der Waals surface area contributed by atoms with Crippen LogP contribution >= 0.6 is 0 Å². The first-order valence-electron chi connectivity index (χ1n) is 11.4. The van der Waals surface area contributed by atoms with Crippen LogP contribution in [0.25, 0.3) is 11.0 Å². The van der Waals surface area contributed by atoms with Crippen LogP contribution in [0.5, 0.6) is 0 Å². The van der Waals surface area contributed by atoms with E-state index in [2.05, 4.69) is 15.8 Å². The summed E-state index contributed by atoms with van der Waals surface area (Å²) in [6.07, 6.45) is -3.16. The topological polar surface area (TPSA) is 143 Å². The zero-order valence-electron chi connectivity index (χ0n) is 19.2. The molecule has 190 valence electrons. The van der Waals surface area contributed by atoms with Crippen molar-refractivity contribution in [3.8, 4) is 0 Å². The second kappa shape index (κ2) is 7.59. The summed E-state index contributed by atoms with van der Waals surface area (Å²) in [5, 5.41) is 8.27. The van der Waals surface area contributed by atoms with E-state index >= 15 is 4.39 Å². The number of alkyl halides is 1. The number of nitrogens with one attached hydrogen (secondary N) is 2. The van der Waals surface area contributed by atoms with Gasteiger partial charge in [-0.15, -0.1) is 0 Å². The number of carbonyl (C=O) groups excluding carboxylic acids is 4. The Bertz CT molecular complexity index is 1330. The number of benzene rings is 1. The van der Waals surface area contributed by atoms with Crippen LogP contribution in [0.15, 0.2) is 10.6 Å². The van der Waals surface area contributed by atoms with Crippen molar-refractivity contribution >= 4 is 46.4 Å². The Morgan fingerprint density at radius 2 is 1.89 bits per heavy atom. The van der Waals surface area contributed by atoms with Gasteiger partial charge in [-0.25, -0.2) is 18.4 Å². The lowest BCUT2D eigenvalue weighted by Crippen LogP contribution is -2.75. The summed E-state index contributed by atoms with van der Waals surface area (Å²) in [6.45, 7) is 2.56. The Morgan fingerprint density at radius 1 is 1.17 bits per heavy atom. The number of anilines is 2. The Labute approximate surface area is 201 Å². The molecule has 0 unspecified atom stereocenters. The molecule has 4 aliphatic heterocycles. The first-order chi connectivity index (χ1) is 17.1. The van der Waals surface area contributed by atoms with Gasteiger partial charge in [0.15, 0.2) is 17.1 Å². The quantitative estimate of drug-likeness (QED) is 0.575. The molecule has 5 heterocycles. The molecule has 4 atom stereocenters. The number of amides is 5. The van der Waals surface area contributed by atoms with Gasteiger partial charge in [0.05, 0.1) is 35.9 Å². The van der Waals surface area contributed by atoms with Gasteiger partial charge in [-0.2, -0.15) is 0 Å². The molecular weight excluding hydrogens is 484 g/mol. The minimum atomic E-state index is -1.80. The highest BCUT2D eigenvalue weighted by atomic mass is 19.1. The molecule has 12 nitrogen and oxygen atoms in total. The van der Waals surface area contributed by atoms with E-state index < -0.39 is 60.1 Å². The maximum Gasteiger partial charge on any atom is 0.416 e. The zero-order chi connectivity index (χ0) is 25.5. The molecule has 1 aromatic heterocycles. The summed E-state index contributed by atoms with van der Waals surface area (Å²) >= 11 is 0. The summed E-state index contributed by atoms with van der Waals surface area (Å²) in [7, 11) is 0. The Balaban J connectivity index is 1.55. The number of aromatic nitrogens is 1. The van der Waals surface area contributed by atoms with Crippen molar-refractivity contribution in [3.05, 3.63) is 17.4 Å². The van der Waals surface area contributed by atoms with E-state index in [0.717, 1.165) is 4.90 Å². The Morgan fingerprint density at radius 3 is 2.56 bits per heavy atom. The van der Waals surface area contributed by atoms with E-state index in [1.165, 1.54) is 6.07 Å². The van der Waals surface area contributed by atoms with E-state index in [4.69, 9.17) is 14.0 Å². The van der Waals surface area contributed by atoms with Gasteiger partial charge in [0, 0.05) is 13.0 Å². The third-order valence-corrected chi connectivity index (χ3v) is 7.25. The van der Waals surface area contributed by atoms with Crippen LogP contribution in [-0.2, 0) is 25.5 Å². The molecule has 36 heavy (non-hydrogen) atoms. The van der Waals surface area contributed by atoms with Crippen LogP contribution in [-0.4, -0.2) is 73.2 Å². The Hall–Kier alpha value is -3.81. The van der Waals surface area contributed by atoms with Crippen molar-refractivity contribution in [2.24, 2.45) is 5.41 Å². The summed E-state index contributed by atoms with van der Waals surface area (Å²) in [4.78, 5) is 53.3. The number of hydrogen-bond donors (Lipinski definition) is 2. The molecule has 4 aliphatic rings. The van der Waals surface area contributed by atoms with Crippen LogP contribution in [0.2, 0.25) is 0 Å². The number of urea groups is 1. The van der Waals surface area contributed by atoms with Crippen molar-refractivity contribution in [2.75, 3.05) is 29.6 Å². The number of nitrogens with zero attached hydrogens (tertiary/aromatic N) is 3. The van der Waals surface area contributed by atoms with Crippen LogP contribution in [0, 0.1) is 11.2 Å². The fourth-order valence-corrected chi connectivity index (χ4v) is 5.91. The predicted molar refractivity (Wildman–Crippen MR) is 117 cm³/mol. The largest absolute Gasteiger partial charge is 0.441 e. The van der Waals surface area contributed by atoms with Gasteiger partial charge >= 0.3 is 12.1 Å². The van der Waals surface area contributed by atoms with Gasteiger partial charge < -0.3 is 18.9 Å². The smallest absolute Gasteiger partial charge is 0.416 e. The number of cyclic esters (lactones) is 1. The number of imide groups is 2. The van der Waals surface area contributed by atoms with Crippen LogP contribution in [0.4, 0.5) is 29.9 Å². The third-order valence-electron chi connectivity index (χ3n) is 7.25. The minimum absolute atomic E-state index is 0.0692. The number of hydrogen-bond acceptors (Lipinski definition) is 9. The van der Waals surface area contributed by atoms with Gasteiger partial charge in [-0.05, 0) is 25.5 Å². The molecule has 14 heteroatoms. The van der Waals surface area contributed by atoms with E-state index in [1.54, 1.807) is 18.7 Å². The number of carbonyl (C=O) groups is 4. The molecule has 5 amide bonds. The van der Waals surface area contributed by atoms with Gasteiger partial charge in [0.25, 0.3) is 0 Å². The second-order valence-corrected chi connectivity index (χ2v) is 9.49. The average Bonchev–Trinajstić information content (AvgIpc) is 3.39. The number of morpholine rings is 1. The molecule has 0 bridgehead atoms. The molecule has 2 aromatic rings. The second-order valence-electron chi connectivity index (χ2n) is 9.49. The predicted octanol–water partition coefficient (Wildman–Crippen LogP) is 1.15. The van der Waals surface area contributed by atoms with Crippen molar-refractivity contribution in [3.63, 3.8) is 0 Å². The summed E-state index contributed by atoms with van der Waals surface area (Å²) in [5.41, 5.74) is -1.65. The first-order valence-corrected chi connectivity index (χ1v) is 11.4. The van der Waals surface area contributed by atoms with E-state index in [0.29, 0.717) is 0 Å². The molecule has 3 saturated heterocycles. The van der Waals surface area contributed by atoms with Gasteiger partial charge in [-0.1, -0.05) is 5.16 Å². The standard InChI is InChI=1S/C22H21F2N5O7/c1-8-6-28-14-10(4-22(16(28)9(2)34-8)18(30)25-20(32)26-19(22)31)3-12-15(13(14)24)36-27-17(12)29-7-11(5-23)35-21(29)33/h3,8-9,11,16H,4-7H2,1-2H3,(H2,25,26,30,31,32)/t8-,9+,11+,16-/m1/s1. The molecule has 0 aliphatic carbocycles. The molecular formula is C22H21F2N5O7. The van der Waals surface area contributed by atoms with E-state index in [1.807, 2.05) is 0 Å². The monoisotopic (exact) mass is 505 g/mol. The molecule has 6 rings (SSSR count). The third kappa shape index (κ3) is 2.90. The molecule has 1 spiro atoms. The fraction of sp³-hybridized carbons (Fsp3) is 0.500. The van der Waals surface area contributed by atoms with Gasteiger partial charge in [-0.3, -0.25) is 25.1 Å².